The molecule has 0 unspecified atom stereocenters. The maximum atomic E-state index is 12.2. The molecule has 0 aliphatic carbocycles. The van der Waals surface area contributed by atoms with E-state index >= 15 is 0 Å². The first-order chi connectivity index (χ1) is 11.2. The smallest absolute Gasteiger partial charge is 0.408 e. The Balaban J connectivity index is 1.99. The first kappa shape index (κ1) is 16.5. The molecule has 0 spiro atoms. The van der Waals surface area contributed by atoms with Crippen molar-refractivity contribution >= 4 is 12.0 Å². The minimum Gasteiger partial charge on any atom is -0.445 e. The van der Waals surface area contributed by atoms with Crippen molar-refractivity contribution < 1.29 is 14.3 Å². The van der Waals surface area contributed by atoms with E-state index in [1.165, 1.54) is 0 Å². The molecule has 23 heavy (non-hydrogen) atoms. The molecule has 120 valence electrons. The van der Waals surface area contributed by atoms with Gasteiger partial charge >= 0.3 is 6.09 Å². The number of benzene rings is 2. The fraction of sp³-hybridized carbons (Fsp3) is 0.222. The van der Waals surface area contributed by atoms with E-state index in [-0.39, 0.29) is 12.5 Å². The van der Waals surface area contributed by atoms with Gasteiger partial charge in [-0.05, 0) is 18.1 Å². The second-order valence-electron chi connectivity index (χ2n) is 4.94. The summed E-state index contributed by atoms with van der Waals surface area (Å²) < 4.78 is 5.18. The van der Waals surface area contributed by atoms with Crippen LogP contribution in [-0.2, 0) is 16.1 Å². The molecule has 0 saturated carbocycles. The highest BCUT2D eigenvalue weighted by Gasteiger charge is 2.22. The summed E-state index contributed by atoms with van der Waals surface area (Å²) in [6.45, 7) is 2.47. The van der Waals surface area contributed by atoms with Gasteiger partial charge in [-0.15, -0.1) is 0 Å². The number of hydrogen-bond donors (Lipinski definition) is 2. The number of carbonyl (C=O) groups excluding carboxylic acids is 2. The van der Waals surface area contributed by atoms with E-state index < -0.39 is 12.1 Å². The van der Waals surface area contributed by atoms with Crippen molar-refractivity contribution in [3.05, 3.63) is 71.8 Å². The average Bonchev–Trinajstić information content (AvgIpc) is 2.59. The van der Waals surface area contributed by atoms with Crippen LogP contribution in [0.15, 0.2) is 60.7 Å². The lowest BCUT2D eigenvalue weighted by Gasteiger charge is -2.18. The molecule has 2 rings (SSSR count). The van der Waals surface area contributed by atoms with Crippen LogP contribution in [0.1, 0.15) is 24.1 Å². The predicted octanol–water partition coefficient (Wildman–Crippen LogP) is 2.79. The Kier molecular flexibility index (Phi) is 6.17. The lowest BCUT2D eigenvalue weighted by molar-refractivity contribution is -0.123. The normalized spacial score (nSPS) is 11.3. The van der Waals surface area contributed by atoms with Crippen molar-refractivity contribution in [2.45, 2.75) is 19.6 Å². The van der Waals surface area contributed by atoms with Crippen molar-refractivity contribution in [2.24, 2.45) is 0 Å². The number of carbonyl (C=O) groups is 2. The molecule has 0 aliphatic heterocycles. The third kappa shape index (κ3) is 5.14. The largest absolute Gasteiger partial charge is 0.445 e. The summed E-state index contributed by atoms with van der Waals surface area (Å²) in [6.07, 6.45) is -0.631. The number of rotatable bonds is 6. The number of likely N-dealkylation sites (N-methyl/N-ethyl adjacent to an activating group) is 1. The third-order valence-corrected chi connectivity index (χ3v) is 3.22. The van der Waals surface area contributed by atoms with Gasteiger partial charge in [0.25, 0.3) is 0 Å². The number of hydrogen-bond acceptors (Lipinski definition) is 3. The van der Waals surface area contributed by atoms with E-state index in [9.17, 15) is 9.59 Å². The van der Waals surface area contributed by atoms with Gasteiger partial charge < -0.3 is 15.4 Å². The minimum absolute atomic E-state index is 0.156. The van der Waals surface area contributed by atoms with Crippen LogP contribution >= 0.6 is 0 Å². The van der Waals surface area contributed by atoms with E-state index in [1.807, 2.05) is 55.5 Å². The average molecular weight is 312 g/mol. The molecule has 5 nitrogen and oxygen atoms in total. The fourth-order valence-corrected chi connectivity index (χ4v) is 2.10. The van der Waals surface area contributed by atoms with Crippen LogP contribution in [-0.4, -0.2) is 18.5 Å². The molecule has 2 aromatic rings. The molecule has 2 amide bonds. The number of nitrogens with one attached hydrogen (secondary N) is 2. The summed E-state index contributed by atoms with van der Waals surface area (Å²) in [7, 11) is 0. The van der Waals surface area contributed by atoms with Crippen LogP contribution in [0.3, 0.4) is 0 Å². The Labute approximate surface area is 135 Å². The first-order valence-electron chi connectivity index (χ1n) is 7.50. The summed E-state index contributed by atoms with van der Waals surface area (Å²) in [5.74, 6) is -0.268. The Morgan fingerprint density at radius 2 is 1.61 bits per heavy atom. The van der Waals surface area contributed by atoms with Gasteiger partial charge in [0.1, 0.15) is 12.6 Å². The lowest BCUT2D eigenvalue weighted by atomic mass is 10.1. The topological polar surface area (TPSA) is 67.4 Å². The van der Waals surface area contributed by atoms with Gasteiger partial charge in [-0.1, -0.05) is 60.7 Å². The summed E-state index contributed by atoms with van der Waals surface area (Å²) in [5, 5.41) is 5.33. The van der Waals surface area contributed by atoms with Crippen LogP contribution in [0.25, 0.3) is 0 Å². The SMILES string of the molecule is CCNC(=O)[C@H](NC(=O)OCc1ccccc1)c1ccccc1. The fourth-order valence-electron chi connectivity index (χ4n) is 2.10. The number of ether oxygens (including phenoxy) is 1. The maximum absolute atomic E-state index is 12.2. The van der Waals surface area contributed by atoms with Crippen molar-refractivity contribution in [3.8, 4) is 0 Å². The van der Waals surface area contributed by atoms with E-state index in [4.69, 9.17) is 4.74 Å². The molecule has 0 radical (unpaired) electrons. The summed E-state index contributed by atoms with van der Waals surface area (Å²) in [5.41, 5.74) is 1.59. The van der Waals surface area contributed by atoms with Crippen molar-refractivity contribution in [1.29, 1.82) is 0 Å². The second kappa shape index (κ2) is 8.58. The summed E-state index contributed by atoms with van der Waals surface area (Å²) >= 11 is 0. The monoisotopic (exact) mass is 312 g/mol. The van der Waals surface area contributed by atoms with E-state index in [0.29, 0.717) is 12.1 Å². The Morgan fingerprint density at radius 1 is 1.00 bits per heavy atom. The van der Waals surface area contributed by atoms with Gasteiger partial charge in [0.15, 0.2) is 0 Å². The molecule has 0 saturated heterocycles. The second-order valence-corrected chi connectivity index (χ2v) is 4.94. The van der Waals surface area contributed by atoms with Crippen LogP contribution in [0, 0.1) is 0 Å². The van der Waals surface area contributed by atoms with Gasteiger partial charge in [-0.25, -0.2) is 4.79 Å². The number of alkyl carbamates (subject to hydrolysis) is 1. The van der Waals surface area contributed by atoms with Crippen LogP contribution < -0.4 is 10.6 Å². The summed E-state index contributed by atoms with van der Waals surface area (Å²) in [6, 6.07) is 17.7. The molecule has 0 fully saturated rings. The highest BCUT2D eigenvalue weighted by molar-refractivity contribution is 5.86. The van der Waals surface area contributed by atoms with Gasteiger partial charge in [-0.2, -0.15) is 0 Å². The van der Waals surface area contributed by atoms with E-state index in [0.717, 1.165) is 5.56 Å². The predicted molar refractivity (Wildman–Crippen MR) is 87.6 cm³/mol. The molecular weight excluding hydrogens is 292 g/mol. The van der Waals surface area contributed by atoms with Crippen molar-refractivity contribution in [3.63, 3.8) is 0 Å². The minimum atomic E-state index is -0.778. The van der Waals surface area contributed by atoms with Crippen molar-refractivity contribution in [2.75, 3.05) is 6.54 Å². The van der Waals surface area contributed by atoms with Crippen LogP contribution in [0.4, 0.5) is 4.79 Å². The Hall–Kier alpha value is -2.82. The molecule has 0 bridgehead atoms. The van der Waals surface area contributed by atoms with Gasteiger partial charge in [0.05, 0.1) is 0 Å². The zero-order valence-corrected chi connectivity index (χ0v) is 13.0. The zero-order chi connectivity index (χ0) is 16.5. The van der Waals surface area contributed by atoms with Crippen LogP contribution in [0.2, 0.25) is 0 Å². The highest BCUT2D eigenvalue weighted by atomic mass is 16.5. The van der Waals surface area contributed by atoms with Gasteiger partial charge in [-0.3, -0.25) is 4.79 Å². The van der Waals surface area contributed by atoms with Crippen molar-refractivity contribution in [1.82, 2.24) is 10.6 Å². The molecular formula is C18H20N2O3. The maximum Gasteiger partial charge on any atom is 0.408 e. The third-order valence-electron chi connectivity index (χ3n) is 3.22. The summed E-state index contributed by atoms with van der Waals surface area (Å²) in [4.78, 5) is 24.2. The molecule has 0 aliphatic rings. The highest BCUT2D eigenvalue weighted by Crippen LogP contribution is 2.13. The number of amides is 2. The van der Waals surface area contributed by atoms with E-state index in [1.54, 1.807) is 12.1 Å². The molecule has 2 N–H and O–H groups in total. The van der Waals surface area contributed by atoms with E-state index in [2.05, 4.69) is 10.6 Å². The molecule has 0 heterocycles. The quantitative estimate of drug-likeness (QED) is 0.862. The Morgan fingerprint density at radius 3 is 2.22 bits per heavy atom. The molecule has 0 aromatic heterocycles. The zero-order valence-electron chi connectivity index (χ0n) is 13.0. The first-order valence-corrected chi connectivity index (χ1v) is 7.50. The molecule has 5 heteroatoms. The van der Waals surface area contributed by atoms with Crippen LogP contribution in [0.5, 0.6) is 0 Å². The standard InChI is InChI=1S/C18H20N2O3/c1-2-19-17(21)16(15-11-7-4-8-12-15)20-18(22)23-13-14-9-5-3-6-10-14/h3-12,16H,2,13H2,1H3,(H,19,21)(H,20,22)/t16-/m1/s1. The molecule has 2 aromatic carbocycles. The Bertz CT molecular complexity index is 629. The molecule has 1 atom stereocenters. The van der Waals surface area contributed by atoms with Gasteiger partial charge in [0.2, 0.25) is 5.91 Å². The lowest BCUT2D eigenvalue weighted by Crippen LogP contribution is -2.40. The van der Waals surface area contributed by atoms with Gasteiger partial charge in [0, 0.05) is 6.54 Å².